The number of phenols is 3. The summed E-state index contributed by atoms with van der Waals surface area (Å²) in [5.41, 5.74) is 8.37. The minimum atomic E-state index is -4.21. The number of nitrogens with one attached hydrogen (secondary N) is 2. The fourth-order valence-electron chi connectivity index (χ4n) is 5.02. The van der Waals surface area contributed by atoms with E-state index in [0.29, 0.717) is 27.7 Å². The molecule has 6 rings (SSSR count). The van der Waals surface area contributed by atoms with Crippen molar-refractivity contribution in [1.82, 2.24) is 0 Å². The summed E-state index contributed by atoms with van der Waals surface area (Å²) in [6, 6.07) is 22.4. The van der Waals surface area contributed by atoms with Gasteiger partial charge in [0.1, 0.15) is 34.3 Å². The van der Waals surface area contributed by atoms with Crippen LogP contribution in [0, 0.1) is 0 Å². The fraction of sp³-hybridized carbons (Fsp3) is 0.0882. The van der Waals surface area contributed by atoms with E-state index in [1.807, 2.05) is 6.07 Å². The number of nitrogens with two attached hydrogens (primary N) is 1. The number of aromatic hydroxyl groups is 3. The van der Waals surface area contributed by atoms with Crippen molar-refractivity contribution < 1.29 is 60.5 Å². The topological polar surface area (TPSA) is 302 Å². The number of fused-ring (bicyclic) bond motifs is 1. The second-order valence-corrected chi connectivity index (χ2v) is 14.5. The Morgan fingerprint density at radius 3 is 2.05 bits per heavy atom. The molecule has 0 radical (unpaired) electrons. The third kappa shape index (κ3) is 9.92. The van der Waals surface area contributed by atoms with E-state index in [1.165, 1.54) is 11.1 Å². The molecular formula is C34H30CrN9O9S2-. The molecule has 1 heterocycles. The van der Waals surface area contributed by atoms with Crippen LogP contribution in [0.25, 0.3) is 21.6 Å². The summed E-state index contributed by atoms with van der Waals surface area (Å²) >= 11 is 0. The number of para-hydroxylation sites is 1. The molecule has 5 aromatic carbocycles. The van der Waals surface area contributed by atoms with Crippen LogP contribution >= 0.6 is 0 Å². The van der Waals surface area contributed by atoms with Gasteiger partial charge in [0.05, 0.1) is 37.1 Å². The van der Waals surface area contributed by atoms with Crippen molar-refractivity contribution in [3.05, 3.63) is 113 Å². The number of azo groups is 2. The summed E-state index contributed by atoms with van der Waals surface area (Å²) in [6.07, 6.45) is -0.185. The maximum atomic E-state index is 12.5. The number of sulfonamides is 2. The number of anilines is 1. The normalized spacial score (nSPS) is 14.5. The van der Waals surface area contributed by atoms with Crippen LogP contribution in [0.15, 0.2) is 132 Å². The van der Waals surface area contributed by atoms with Gasteiger partial charge < -0.3 is 31.0 Å². The molecule has 1 aliphatic heterocycles. The van der Waals surface area contributed by atoms with Crippen molar-refractivity contribution >= 4 is 71.1 Å². The van der Waals surface area contributed by atoms with Crippen molar-refractivity contribution in [3.63, 3.8) is 0 Å². The standard InChI is InChI=1S/C18H16N4O5S.C16H14N5O4S.Cr/c19-16(25)8-11-3-1-2-10-4-6-15(24)18(17(10)11)22-21-13-9-12(28(20,26)27)5-7-14(13)23;1-10-15(16(23)21(20-10)11-5-3-2-4-6-11)19-18-13-9-12(26(17,24)25)7-8-14(13)22;/h1-7,9H,8H2,(H6,19,20,21,22,23,24,25,26,27);2-9,15H,1H3,(H2-,17,19,22,24,25);/q;-1;. The van der Waals surface area contributed by atoms with E-state index in [9.17, 15) is 41.7 Å². The number of carbonyl (C=O) groups excluding carboxylic acids is 2. The Labute approximate surface area is 326 Å². The maximum Gasteiger partial charge on any atom is 1.00 e. The van der Waals surface area contributed by atoms with E-state index in [1.54, 1.807) is 55.5 Å². The van der Waals surface area contributed by atoms with Gasteiger partial charge in [0, 0.05) is 29.2 Å². The average Bonchev–Trinajstić information content (AvgIpc) is 3.39. The molecule has 0 saturated carbocycles. The predicted octanol–water partition coefficient (Wildman–Crippen LogP) is 6.55. The van der Waals surface area contributed by atoms with Crippen LogP contribution in [-0.2, 0) is 53.4 Å². The molecule has 1 atom stereocenters. The number of carbonyl (C=O) groups is 2. The Bertz CT molecular complexity index is 2610. The van der Waals surface area contributed by atoms with Crippen LogP contribution in [0.3, 0.4) is 0 Å². The smallest absolute Gasteiger partial charge is 0.667 e. The van der Waals surface area contributed by atoms with Crippen LogP contribution in [0.1, 0.15) is 13.9 Å². The molecule has 0 aromatic heterocycles. The molecule has 0 fully saturated rings. The fourth-order valence-corrected chi connectivity index (χ4v) is 6.07. The van der Waals surface area contributed by atoms with Crippen LogP contribution in [0.5, 0.6) is 17.2 Å². The first-order valence-electron chi connectivity index (χ1n) is 15.4. The van der Waals surface area contributed by atoms with Crippen LogP contribution in [0.4, 0.5) is 22.7 Å². The van der Waals surface area contributed by atoms with E-state index in [-0.39, 0.29) is 69.3 Å². The van der Waals surface area contributed by atoms with Crippen LogP contribution in [-0.4, -0.2) is 55.7 Å². The minimum Gasteiger partial charge on any atom is -0.667 e. The molecular weight excluding hydrogens is 795 g/mol. The van der Waals surface area contributed by atoms with Gasteiger partial charge in [-0.25, -0.2) is 22.0 Å². The predicted molar refractivity (Wildman–Crippen MR) is 198 cm³/mol. The first kappa shape index (κ1) is 41.7. The number of hydrogen-bond donors (Lipinski definition) is 4. The molecule has 55 heavy (non-hydrogen) atoms. The molecule has 0 spiro atoms. The van der Waals surface area contributed by atoms with Gasteiger partial charge in [0.15, 0.2) is 6.04 Å². The van der Waals surface area contributed by atoms with Crippen molar-refractivity contribution in [3.8, 4) is 17.2 Å². The molecule has 0 aliphatic carbocycles. The van der Waals surface area contributed by atoms with Gasteiger partial charge in [-0.1, -0.05) is 42.5 Å². The Balaban J connectivity index is 0.000000291. The zero-order valence-electron chi connectivity index (χ0n) is 29.3. The molecule has 18 nitrogen and oxygen atoms in total. The van der Waals surface area contributed by atoms with Gasteiger partial charge in [-0.3, -0.25) is 4.79 Å². The quantitative estimate of drug-likeness (QED) is 0.117. The minimum absolute atomic E-state index is 0. The SMILES string of the molecule is CC1=NN(c2ccccc2)C(=O)C1N=Nc1cc(S([NH-])(=O)=O)ccc1O.[Cr].[H+].[NH-]C(=O)Cc1cccc2ccc(O)c(N=Nc3cc(S(N)(=O)=O)ccc3O)c12. The Kier molecular flexibility index (Phi) is 12.8. The molecule has 0 saturated heterocycles. The zero-order chi connectivity index (χ0) is 39.4. The second-order valence-electron chi connectivity index (χ2n) is 11.4. The van der Waals surface area contributed by atoms with E-state index in [0.717, 1.165) is 36.4 Å². The zero-order valence-corrected chi connectivity index (χ0v) is 31.2. The summed E-state index contributed by atoms with van der Waals surface area (Å²) in [6.45, 7) is 1.62. The number of hydrazone groups is 1. The first-order chi connectivity index (χ1) is 25.4. The summed E-state index contributed by atoms with van der Waals surface area (Å²) < 4.78 is 45.5. The first-order valence-corrected chi connectivity index (χ1v) is 18.4. The van der Waals surface area contributed by atoms with Crippen LogP contribution < -0.4 is 10.1 Å². The number of rotatable bonds is 9. The van der Waals surface area contributed by atoms with E-state index in [2.05, 4.69) is 25.6 Å². The van der Waals surface area contributed by atoms with Crippen molar-refractivity contribution in [2.24, 2.45) is 30.7 Å². The molecule has 21 heteroatoms. The van der Waals surface area contributed by atoms with Gasteiger partial charge in [-0.2, -0.15) is 20.3 Å². The summed E-state index contributed by atoms with van der Waals surface area (Å²) in [5.74, 6) is -2.11. The third-order valence-electron chi connectivity index (χ3n) is 7.60. The molecule has 1 aliphatic rings. The van der Waals surface area contributed by atoms with Gasteiger partial charge in [0.2, 0.25) is 10.0 Å². The summed E-state index contributed by atoms with van der Waals surface area (Å²) in [5, 5.41) is 64.1. The maximum absolute atomic E-state index is 12.5. The van der Waals surface area contributed by atoms with Crippen molar-refractivity contribution in [2.75, 3.05) is 5.01 Å². The number of nitrogens with zero attached hydrogens (tertiary/aromatic N) is 6. The molecule has 1 unspecified atom stereocenters. The molecule has 0 bridgehead atoms. The molecule has 284 valence electrons. The van der Waals surface area contributed by atoms with Crippen molar-refractivity contribution in [1.29, 1.82) is 0 Å². The van der Waals surface area contributed by atoms with E-state index < -0.39 is 37.9 Å². The number of hydrogen-bond acceptors (Lipinski definition) is 14. The van der Waals surface area contributed by atoms with E-state index in [4.69, 9.17) is 16.0 Å². The second kappa shape index (κ2) is 16.9. The number of benzene rings is 5. The van der Waals surface area contributed by atoms with Crippen molar-refractivity contribution in [2.45, 2.75) is 29.2 Å². The Morgan fingerprint density at radius 2 is 1.44 bits per heavy atom. The van der Waals surface area contributed by atoms with Gasteiger partial charge in [-0.05, 0) is 72.5 Å². The van der Waals surface area contributed by atoms with Gasteiger partial charge in [-0.15, -0.1) is 10.2 Å². The summed E-state index contributed by atoms with van der Waals surface area (Å²) in [7, 11) is -8.22. The third-order valence-corrected chi connectivity index (χ3v) is 9.39. The molecule has 5 aromatic rings. The number of primary sulfonamides is 1. The average molecular weight is 825 g/mol. The Hall–Kier alpha value is -6.08. The van der Waals surface area contributed by atoms with Gasteiger partial charge >= 0.3 is 1.43 Å². The summed E-state index contributed by atoms with van der Waals surface area (Å²) in [4.78, 5) is 23.2. The van der Waals surface area contributed by atoms with E-state index >= 15 is 0 Å². The number of phenolic OH excluding ortho intramolecular Hbond substituents is 3. The van der Waals surface area contributed by atoms with Crippen LogP contribution in [0.2, 0.25) is 0 Å². The monoisotopic (exact) mass is 824 g/mol. The molecule has 7 N–H and O–H groups in total. The van der Waals surface area contributed by atoms with Gasteiger partial charge in [0.25, 0.3) is 5.91 Å². The largest absolute Gasteiger partial charge is 1.00 e. The molecule has 2 amide bonds. The number of amides is 2. The Morgan fingerprint density at radius 1 is 0.836 bits per heavy atom.